The zero-order chi connectivity index (χ0) is 23.3. The van der Waals surface area contributed by atoms with E-state index >= 15 is 0 Å². The summed E-state index contributed by atoms with van der Waals surface area (Å²) < 4.78 is 11.0. The van der Waals surface area contributed by atoms with Gasteiger partial charge in [-0.2, -0.15) is 0 Å². The van der Waals surface area contributed by atoms with Crippen LogP contribution in [0.5, 0.6) is 0 Å². The number of esters is 2. The highest BCUT2D eigenvalue weighted by atomic mass is 16.6. The Bertz CT molecular complexity index is 673. The lowest BCUT2D eigenvalue weighted by atomic mass is 9.77. The van der Waals surface area contributed by atoms with Crippen LogP contribution >= 0.6 is 0 Å². The van der Waals surface area contributed by atoms with E-state index in [1.807, 2.05) is 12.1 Å². The summed E-state index contributed by atoms with van der Waals surface area (Å²) in [4.78, 5) is 24.4. The molecule has 1 aromatic carbocycles. The first-order chi connectivity index (χ1) is 15.4. The molecule has 1 aromatic rings. The molecule has 4 heteroatoms. The van der Waals surface area contributed by atoms with E-state index in [4.69, 9.17) is 9.47 Å². The number of unbranched alkanes of at least 4 members (excludes halogenated alkanes) is 4. The molecular formula is C28H44O4. The third-order valence-electron chi connectivity index (χ3n) is 6.94. The number of hydrogen-bond acceptors (Lipinski definition) is 4. The Morgan fingerprint density at radius 1 is 0.844 bits per heavy atom. The third-order valence-corrected chi connectivity index (χ3v) is 6.94. The molecule has 1 saturated carbocycles. The molecule has 0 aliphatic heterocycles. The van der Waals surface area contributed by atoms with Crippen molar-refractivity contribution in [2.75, 3.05) is 0 Å². The largest absolute Gasteiger partial charge is 0.459 e. The van der Waals surface area contributed by atoms with E-state index in [2.05, 4.69) is 26.0 Å². The smallest absolute Gasteiger partial charge is 0.338 e. The molecule has 180 valence electrons. The summed E-state index contributed by atoms with van der Waals surface area (Å²) in [7, 11) is 0. The lowest BCUT2D eigenvalue weighted by Crippen LogP contribution is -2.30. The molecule has 0 N–H and O–H groups in total. The van der Waals surface area contributed by atoms with Crippen LogP contribution in [-0.2, 0) is 14.3 Å². The molecule has 2 unspecified atom stereocenters. The Kier molecular flexibility index (Phi) is 11.8. The normalized spacial score (nSPS) is 20.4. The van der Waals surface area contributed by atoms with Gasteiger partial charge in [0.25, 0.3) is 0 Å². The summed E-state index contributed by atoms with van der Waals surface area (Å²) in [6.07, 6.45) is 13.0. The van der Waals surface area contributed by atoms with Crippen LogP contribution in [0.1, 0.15) is 127 Å². The summed E-state index contributed by atoms with van der Waals surface area (Å²) in [5.41, 5.74) is 1.88. The van der Waals surface area contributed by atoms with Gasteiger partial charge in [-0.25, -0.2) is 4.79 Å². The molecule has 0 bridgehead atoms. The van der Waals surface area contributed by atoms with Gasteiger partial charge in [0, 0.05) is 6.42 Å². The lowest BCUT2D eigenvalue weighted by Gasteiger charge is -2.29. The molecule has 0 amide bonds. The minimum atomic E-state index is -0.486. The van der Waals surface area contributed by atoms with Gasteiger partial charge < -0.3 is 9.47 Å². The van der Waals surface area contributed by atoms with Crippen molar-refractivity contribution < 1.29 is 19.1 Å². The first-order valence-corrected chi connectivity index (χ1v) is 12.9. The Morgan fingerprint density at radius 2 is 1.44 bits per heavy atom. The number of benzene rings is 1. The molecular weight excluding hydrogens is 400 g/mol. The van der Waals surface area contributed by atoms with Crippen LogP contribution in [0.3, 0.4) is 0 Å². The van der Waals surface area contributed by atoms with E-state index in [0.717, 1.165) is 25.2 Å². The van der Waals surface area contributed by atoms with Crippen LogP contribution < -0.4 is 0 Å². The number of carbonyl (C=O) groups is 2. The first kappa shape index (κ1) is 26.4. The zero-order valence-electron chi connectivity index (χ0n) is 20.7. The first-order valence-electron chi connectivity index (χ1n) is 12.9. The van der Waals surface area contributed by atoms with Crippen LogP contribution in [0.25, 0.3) is 0 Å². The van der Waals surface area contributed by atoms with Crippen molar-refractivity contribution in [3.8, 4) is 0 Å². The summed E-state index contributed by atoms with van der Waals surface area (Å²) in [5, 5.41) is 0. The Hall–Kier alpha value is -1.84. The molecule has 2 rings (SSSR count). The van der Waals surface area contributed by atoms with Crippen molar-refractivity contribution in [1.82, 2.24) is 0 Å². The SMILES string of the molecule is CCCCCC(=O)OC(C)C(C)OC(=O)c1ccc(C2CCC(CCCCC)CC2)cc1. The predicted octanol–water partition coefficient (Wildman–Crippen LogP) is 7.60. The second-order valence-corrected chi connectivity index (χ2v) is 9.60. The van der Waals surface area contributed by atoms with Crippen LogP contribution in [0.2, 0.25) is 0 Å². The fraction of sp³-hybridized carbons (Fsp3) is 0.714. The van der Waals surface area contributed by atoms with E-state index in [9.17, 15) is 9.59 Å². The molecule has 0 saturated heterocycles. The second-order valence-electron chi connectivity index (χ2n) is 9.60. The van der Waals surface area contributed by atoms with Gasteiger partial charge >= 0.3 is 11.9 Å². The van der Waals surface area contributed by atoms with Gasteiger partial charge in [-0.15, -0.1) is 0 Å². The third kappa shape index (κ3) is 8.96. The maximum atomic E-state index is 12.5. The Morgan fingerprint density at radius 3 is 2.06 bits per heavy atom. The van der Waals surface area contributed by atoms with Crippen LogP contribution in [0.15, 0.2) is 24.3 Å². The van der Waals surface area contributed by atoms with Crippen molar-refractivity contribution in [1.29, 1.82) is 0 Å². The maximum Gasteiger partial charge on any atom is 0.338 e. The molecule has 0 aromatic heterocycles. The number of rotatable bonds is 13. The Balaban J connectivity index is 1.77. The fourth-order valence-corrected chi connectivity index (χ4v) is 4.57. The average molecular weight is 445 g/mol. The van der Waals surface area contributed by atoms with Gasteiger partial charge in [0.05, 0.1) is 5.56 Å². The van der Waals surface area contributed by atoms with Crippen molar-refractivity contribution in [3.63, 3.8) is 0 Å². The Labute approximate surface area is 195 Å². The molecule has 1 aliphatic rings. The van der Waals surface area contributed by atoms with Gasteiger partial charge in [0.1, 0.15) is 12.2 Å². The highest BCUT2D eigenvalue weighted by Gasteiger charge is 2.24. The standard InChI is InChI=1S/C28H44O4/c1-5-7-9-11-23-13-15-24(16-14-23)25-17-19-26(20-18-25)28(30)32-22(4)21(3)31-27(29)12-10-8-6-2/h17-24H,5-16H2,1-4H3. The molecule has 2 atom stereocenters. The number of hydrogen-bond donors (Lipinski definition) is 0. The summed E-state index contributed by atoms with van der Waals surface area (Å²) >= 11 is 0. The minimum Gasteiger partial charge on any atom is -0.459 e. The molecule has 1 aliphatic carbocycles. The number of ether oxygens (including phenoxy) is 2. The molecule has 4 nitrogen and oxygen atoms in total. The van der Waals surface area contributed by atoms with E-state index < -0.39 is 12.2 Å². The van der Waals surface area contributed by atoms with E-state index in [1.54, 1.807) is 13.8 Å². The predicted molar refractivity (Wildman–Crippen MR) is 130 cm³/mol. The topological polar surface area (TPSA) is 52.6 Å². The highest BCUT2D eigenvalue weighted by Crippen LogP contribution is 2.37. The zero-order valence-corrected chi connectivity index (χ0v) is 20.7. The monoisotopic (exact) mass is 444 g/mol. The summed E-state index contributed by atoms with van der Waals surface area (Å²) in [6, 6.07) is 7.92. The van der Waals surface area contributed by atoms with Crippen molar-refractivity contribution in [2.24, 2.45) is 5.92 Å². The summed E-state index contributed by atoms with van der Waals surface area (Å²) in [5.74, 6) is 0.917. The van der Waals surface area contributed by atoms with Crippen LogP contribution in [0, 0.1) is 5.92 Å². The molecule has 0 radical (unpaired) electrons. The van der Waals surface area contributed by atoms with Gasteiger partial charge in [-0.1, -0.05) is 64.5 Å². The molecule has 32 heavy (non-hydrogen) atoms. The lowest BCUT2D eigenvalue weighted by molar-refractivity contribution is -0.153. The maximum absolute atomic E-state index is 12.5. The quantitative estimate of drug-likeness (QED) is 0.232. The average Bonchev–Trinajstić information content (AvgIpc) is 2.80. The van der Waals surface area contributed by atoms with Gasteiger partial charge in [0.2, 0.25) is 0 Å². The van der Waals surface area contributed by atoms with Crippen LogP contribution in [0.4, 0.5) is 0 Å². The molecule has 0 heterocycles. The fourth-order valence-electron chi connectivity index (χ4n) is 4.57. The summed E-state index contributed by atoms with van der Waals surface area (Å²) in [6.45, 7) is 7.91. The van der Waals surface area contributed by atoms with Gasteiger partial charge in [-0.05, 0) is 75.5 Å². The van der Waals surface area contributed by atoms with Crippen molar-refractivity contribution in [2.45, 2.75) is 123 Å². The highest BCUT2D eigenvalue weighted by molar-refractivity contribution is 5.89. The van der Waals surface area contributed by atoms with Gasteiger partial charge in [0.15, 0.2) is 0 Å². The minimum absolute atomic E-state index is 0.224. The van der Waals surface area contributed by atoms with E-state index in [0.29, 0.717) is 17.9 Å². The van der Waals surface area contributed by atoms with Crippen molar-refractivity contribution in [3.05, 3.63) is 35.4 Å². The second kappa shape index (κ2) is 14.3. The van der Waals surface area contributed by atoms with E-state index in [1.165, 1.54) is 56.9 Å². The van der Waals surface area contributed by atoms with Crippen molar-refractivity contribution >= 4 is 11.9 Å². The molecule has 0 spiro atoms. The number of carbonyl (C=O) groups excluding carboxylic acids is 2. The van der Waals surface area contributed by atoms with E-state index in [-0.39, 0.29) is 11.9 Å². The molecule has 1 fully saturated rings. The van der Waals surface area contributed by atoms with Crippen LogP contribution in [-0.4, -0.2) is 24.1 Å². The van der Waals surface area contributed by atoms with Gasteiger partial charge in [-0.3, -0.25) is 4.79 Å².